The lowest BCUT2D eigenvalue weighted by atomic mass is 10.1. The molecule has 0 spiro atoms. The van der Waals surface area contributed by atoms with Gasteiger partial charge in [-0.25, -0.2) is 9.79 Å². The molecule has 0 radical (unpaired) electrons. The summed E-state index contributed by atoms with van der Waals surface area (Å²) in [5.74, 6) is -0.236. The Morgan fingerprint density at radius 1 is 1.28 bits per heavy atom. The number of phenolic OH excluding ortho intramolecular Hbond substituents is 1. The van der Waals surface area contributed by atoms with Crippen LogP contribution in [0.3, 0.4) is 0 Å². The van der Waals surface area contributed by atoms with Crippen LogP contribution in [0.15, 0.2) is 59.0 Å². The number of carbonyl (C=O) groups excluding carboxylic acids is 2. The van der Waals surface area contributed by atoms with Gasteiger partial charge in [0.05, 0.1) is 30.4 Å². The Kier molecular flexibility index (Phi) is 7.37. The minimum Gasteiger partial charge on any atom is -0.504 e. The summed E-state index contributed by atoms with van der Waals surface area (Å²) in [4.78, 5) is 31.4. The van der Waals surface area contributed by atoms with Gasteiger partial charge in [-0.1, -0.05) is 12.1 Å². The number of benzene rings is 2. The van der Waals surface area contributed by atoms with E-state index in [0.717, 1.165) is 5.56 Å². The number of thioether (sulfide) groups is 1. The zero-order chi connectivity index (χ0) is 23.3. The molecule has 2 aromatic rings. The smallest absolute Gasteiger partial charge is 0.337 e. The summed E-state index contributed by atoms with van der Waals surface area (Å²) < 4.78 is 10.0. The number of likely N-dealkylation sites (N-methyl/N-ethyl adjacent to an activating group) is 1. The van der Waals surface area contributed by atoms with Gasteiger partial charge >= 0.3 is 5.97 Å². The van der Waals surface area contributed by atoms with E-state index in [0.29, 0.717) is 45.6 Å². The van der Waals surface area contributed by atoms with Gasteiger partial charge in [0.25, 0.3) is 5.91 Å². The normalized spacial score (nSPS) is 16.0. The van der Waals surface area contributed by atoms with Crippen LogP contribution in [-0.2, 0) is 16.0 Å². The lowest BCUT2D eigenvalue weighted by Gasteiger charge is -2.12. The zero-order valence-corrected chi connectivity index (χ0v) is 18.9. The Balaban J connectivity index is 1.98. The van der Waals surface area contributed by atoms with Gasteiger partial charge in [-0.05, 0) is 67.1 Å². The van der Waals surface area contributed by atoms with Crippen LogP contribution in [-0.4, -0.2) is 47.8 Å². The Hall–Kier alpha value is -3.52. The van der Waals surface area contributed by atoms with Crippen molar-refractivity contribution in [1.82, 2.24) is 4.90 Å². The van der Waals surface area contributed by atoms with Crippen molar-refractivity contribution < 1.29 is 24.2 Å². The standard InChI is InChI=1S/C24H24N2O5S/c1-5-8-16-11-15(12-19(30-3)21(16)27)13-20-22(28)26(6-2)24(32-20)25-18-10-7-9-17(14-18)23(29)31-4/h5,7,9-14,27H,1,6,8H2,2-4H3. The molecule has 1 aliphatic rings. The third-order valence-corrected chi connectivity index (χ3v) is 5.76. The Morgan fingerprint density at radius 2 is 2.06 bits per heavy atom. The number of nitrogens with zero attached hydrogens (tertiary/aromatic N) is 2. The molecule has 0 bridgehead atoms. The summed E-state index contributed by atoms with van der Waals surface area (Å²) in [5.41, 5.74) is 2.30. The van der Waals surface area contributed by atoms with E-state index in [1.807, 2.05) is 6.92 Å². The highest BCUT2D eigenvalue weighted by molar-refractivity contribution is 8.18. The van der Waals surface area contributed by atoms with Gasteiger partial charge in [0.15, 0.2) is 16.7 Å². The molecule has 8 heteroatoms. The molecule has 0 unspecified atom stereocenters. The first-order chi connectivity index (χ1) is 15.4. The summed E-state index contributed by atoms with van der Waals surface area (Å²) in [6.07, 6.45) is 3.90. The number of hydrogen-bond acceptors (Lipinski definition) is 7. The first-order valence-corrected chi connectivity index (χ1v) is 10.7. The maximum Gasteiger partial charge on any atom is 0.337 e. The maximum absolute atomic E-state index is 13.0. The van der Waals surface area contributed by atoms with Crippen LogP contribution < -0.4 is 4.74 Å². The SMILES string of the molecule is C=CCc1cc(C=C2SC(=Nc3cccc(C(=O)OC)c3)N(CC)C2=O)cc(OC)c1O. The highest BCUT2D eigenvalue weighted by Gasteiger charge is 2.32. The van der Waals surface area contributed by atoms with E-state index in [2.05, 4.69) is 11.6 Å². The van der Waals surface area contributed by atoms with Crippen LogP contribution in [0.5, 0.6) is 11.5 Å². The molecule has 32 heavy (non-hydrogen) atoms. The molecule has 1 amide bonds. The van der Waals surface area contributed by atoms with Gasteiger partial charge < -0.3 is 14.6 Å². The number of hydrogen-bond donors (Lipinski definition) is 1. The highest BCUT2D eigenvalue weighted by Crippen LogP contribution is 2.37. The van der Waals surface area contributed by atoms with Crippen molar-refractivity contribution in [2.75, 3.05) is 20.8 Å². The molecule has 3 rings (SSSR count). The van der Waals surface area contributed by atoms with Crippen molar-refractivity contribution in [3.05, 3.63) is 70.6 Å². The Bertz CT molecular complexity index is 1120. The lowest BCUT2D eigenvalue weighted by Crippen LogP contribution is -2.28. The van der Waals surface area contributed by atoms with Crippen molar-refractivity contribution in [2.24, 2.45) is 4.99 Å². The van der Waals surface area contributed by atoms with Gasteiger partial charge in [-0.15, -0.1) is 6.58 Å². The number of carbonyl (C=O) groups is 2. The van der Waals surface area contributed by atoms with Crippen LogP contribution >= 0.6 is 11.8 Å². The third kappa shape index (κ3) is 4.86. The van der Waals surface area contributed by atoms with Gasteiger partial charge in [0.2, 0.25) is 0 Å². The van der Waals surface area contributed by atoms with Gasteiger partial charge in [0.1, 0.15) is 0 Å². The first kappa shape index (κ1) is 23.1. The lowest BCUT2D eigenvalue weighted by molar-refractivity contribution is -0.122. The number of aliphatic imine (C=N–C) groups is 1. The number of amides is 1. The largest absolute Gasteiger partial charge is 0.504 e. The second kappa shape index (κ2) is 10.2. The third-order valence-electron chi connectivity index (χ3n) is 4.75. The summed E-state index contributed by atoms with van der Waals surface area (Å²) in [6, 6.07) is 10.2. The topological polar surface area (TPSA) is 88.4 Å². The highest BCUT2D eigenvalue weighted by atomic mass is 32.2. The van der Waals surface area contributed by atoms with Crippen molar-refractivity contribution in [3.63, 3.8) is 0 Å². The monoisotopic (exact) mass is 452 g/mol. The summed E-state index contributed by atoms with van der Waals surface area (Å²) in [5, 5.41) is 10.8. The number of amidine groups is 1. The van der Waals surface area contributed by atoms with Crippen LogP contribution in [0.1, 0.15) is 28.4 Å². The average Bonchev–Trinajstić information content (AvgIpc) is 3.09. The number of ether oxygens (including phenoxy) is 2. The van der Waals surface area contributed by atoms with Gasteiger partial charge in [-0.3, -0.25) is 9.69 Å². The van der Waals surface area contributed by atoms with Crippen LogP contribution in [0.4, 0.5) is 5.69 Å². The fourth-order valence-corrected chi connectivity index (χ4v) is 4.25. The predicted molar refractivity (Wildman–Crippen MR) is 126 cm³/mol. The summed E-state index contributed by atoms with van der Waals surface area (Å²) >= 11 is 1.25. The van der Waals surface area contributed by atoms with E-state index < -0.39 is 5.97 Å². The molecule has 1 N–H and O–H groups in total. The predicted octanol–water partition coefficient (Wildman–Crippen LogP) is 4.54. The molecule has 1 aliphatic heterocycles. The van der Waals surface area contributed by atoms with Crippen molar-refractivity contribution >= 4 is 40.6 Å². The average molecular weight is 453 g/mol. The number of phenols is 1. The molecule has 0 atom stereocenters. The quantitative estimate of drug-likeness (QED) is 0.377. The van der Waals surface area contributed by atoms with Crippen molar-refractivity contribution in [3.8, 4) is 11.5 Å². The van der Waals surface area contributed by atoms with Crippen LogP contribution in [0.25, 0.3) is 6.08 Å². The van der Waals surface area contributed by atoms with Crippen molar-refractivity contribution in [1.29, 1.82) is 0 Å². The van der Waals surface area contributed by atoms with E-state index >= 15 is 0 Å². The molecule has 1 saturated heterocycles. The molecule has 2 aromatic carbocycles. The molecule has 0 aliphatic carbocycles. The second-order valence-electron chi connectivity index (χ2n) is 6.82. The number of methoxy groups -OCH3 is 2. The van der Waals surface area contributed by atoms with E-state index in [1.54, 1.807) is 53.5 Å². The fraction of sp³-hybridized carbons (Fsp3) is 0.208. The van der Waals surface area contributed by atoms with E-state index in [9.17, 15) is 14.7 Å². The molecule has 0 aromatic heterocycles. The molecule has 0 saturated carbocycles. The van der Waals surface area contributed by atoms with E-state index in [-0.39, 0.29) is 11.7 Å². The number of allylic oxidation sites excluding steroid dienone is 1. The van der Waals surface area contributed by atoms with Crippen LogP contribution in [0.2, 0.25) is 0 Å². The molecule has 1 fully saturated rings. The first-order valence-electron chi connectivity index (χ1n) is 9.91. The number of aromatic hydroxyl groups is 1. The van der Waals surface area contributed by atoms with Gasteiger partial charge in [-0.2, -0.15) is 0 Å². The minimum atomic E-state index is -0.452. The second-order valence-corrected chi connectivity index (χ2v) is 7.83. The van der Waals surface area contributed by atoms with E-state index in [1.165, 1.54) is 26.0 Å². The van der Waals surface area contributed by atoms with E-state index in [4.69, 9.17) is 9.47 Å². The molecular formula is C24H24N2O5S. The number of rotatable bonds is 7. The molecule has 1 heterocycles. The van der Waals surface area contributed by atoms with Crippen molar-refractivity contribution in [2.45, 2.75) is 13.3 Å². The molecular weight excluding hydrogens is 428 g/mol. The summed E-state index contributed by atoms with van der Waals surface area (Å²) in [7, 11) is 2.80. The Morgan fingerprint density at radius 3 is 2.72 bits per heavy atom. The summed E-state index contributed by atoms with van der Waals surface area (Å²) in [6.45, 7) is 6.03. The van der Waals surface area contributed by atoms with Gasteiger partial charge in [0, 0.05) is 12.1 Å². The Labute approximate surface area is 191 Å². The minimum absolute atomic E-state index is 0.0582. The number of esters is 1. The maximum atomic E-state index is 13.0. The molecule has 7 nitrogen and oxygen atoms in total. The van der Waals surface area contributed by atoms with Crippen LogP contribution in [0, 0.1) is 0 Å². The molecule has 166 valence electrons. The fourth-order valence-electron chi connectivity index (χ4n) is 3.19. The zero-order valence-electron chi connectivity index (χ0n) is 18.1.